The molecule has 1 saturated heterocycles. The van der Waals surface area contributed by atoms with Gasteiger partial charge in [0.25, 0.3) is 0 Å². The number of rotatable bonds is 2. The minimum absolute atomic E-state index is 0.0116. The van der Waals surface area contributed by atoms with E-state index in [1.807, 2.05) is 11.8 Å². The van der Waals surface area contributed by atoms with Crippen molar-refractivity contribution in [3.63, 3.8) is 0 Å². The predicted molar refractivity (Wildman–Crippen MR) is 62.6 cm³/mol. The average Bonchev–Trinajstić information content (AvgIpc) is 2.71. The van der Waals surface area contributed by atoms with Crippen molar-refractivity contribution in [2.75, 3.05) is 11.5 Å². The Labute approximate surface area is 91.7 Å². The molecule has 2 rings (SSSR count). The van der Waals surface area contributed by atoms with E-state index in [2.05, 4.69) is 6.92 Å². The van der Waals surface area contributed by atoms with Crippen molar-refractivity contribution in [2.45, 2.75) is 45.1 Å². The second-order valence-electron chi connectivity index (χ2n) is 5.13. The van der Waals surface area contributed by atoms with Gasteiger partial charge in [0.15, 0.2) is 0 Å². The predicted octanol–water partition coefficient (Wildman–Crippen LogP) is 2.93. The largest absolute Gasteiger partial charge is 0.393 e. The van der Waals surface area contributed by atoms with Crippen molar-refractivity contribution >= 4 is 11.8 Å². The maximum atomic E-state index is 10.2. The van der Waals surface area contributed by atoms with E-state index in [-0.39, 0.29) is 6.10 Å². The van der Waals surface area contributed by atoms with Crippen molar-refractivity contribution in [1.82, 2.24) is 0 Å². The Hall–Kier alpha value is 0.310. The fourth-order valence-corrected chi connectivity index (χ4v) is 4.14. The van der Waals surface area contributed by atoms with Crippen LogP contribution in [0.2, 0.25) is 0 Å². The van der Waals surface area contributed by atoms with Gasteiger partial charge in [-0.15, -0.1) is 0 Å². The molecule has 1 aliphatic heterocycles. The SMILES string of the molecule is CC1CCC(C(O)C2CCSC2)CC1. The van der Waals surface area contributed by atoms with Gasteiger partial charge in [0.1, 0.15) is 0 Å². The summed E-state index contributed by atoms with van der Waals surface area (Å²) in [5.74, 6) is 4.60. The summed E-state index contributed by atoms with van der Waals surface area (Å²) in [6, 6.07) is 0. The summed E-state index contributed by atoms with van der Waals surface area (Å²) >= 11 is 2.02. The van der Waals surface area contributed by atoms with E-state index in [1.54, 1.807) is 0 Å². The molecule has 0 bridgehead atoms. The van der Waals surface area contributed by atoms with Crippen molar-refractivity contribution in [3.05, 3.63) is 0 Å². The van der Waals surface area contributed by atoms with Crippen molar-refractivity contribution in [2.24, 2.45) is 17.8 Å². The van der Waals surface area contributed by atoms with Crippen LogP contribution in [0.5, 0.6) is 0 Å². The zero-order valence-electron chi connectivity index (χ0n) is 9.11. The molecule has 2 heteroatoms. The molecule has 1 saturated carbocycles. The van der Waals surface area contributed by atoms with Crippen LogP contribution in [-0.4, -0.2) is 22.7 Å². The lowest BCUT2D eigenvalue weighted by Crippen LogP contribution is -2.31. The van der Waals surface area contributed by atoms with Crippen LogP contribution in [0, 0.1) is 17.8 Å². The molecule has 2 aliphatic rings. The summed E-state index contributed by atoms with van der Waals surface area (Å²) in [5.41, 5.74) is 0. The number of aliphatic hydroxyl groups is 1. The molecule has 14 heavy (non-hydrogen) atoms. The second-order valence-corrected chi connectivity index (χ2v) is 6.28. The molecule has 82 valence electrons. The summed E-state index contributed by atoms with van der Waals surface area (Å²) in [7, 11) is 0. The molecule has 0 amide bonds. The van der Waals surface area contributed by atoms with Gasteiger partial charge in [0.2, 0.25) is 0 Å². The van der Waals surface area contributed by atoms with Gasteiger partial charge in [-0.25, -0.2) is 0 Å². The number of hydrogen-bond donors (Lipinski definition) is 1. The van der Waals surface area contributed by atoms with Crippen molar-refractivity contribution < 1.29 is 5.11 Å². The van der Waals surface area contributed by atoms with Crippen molar-refractivity contribution in [1.29, 1.82) is 0 Å². The smallest absolute Gasteiger partial charge is 0.0604 e. The monoisotopic (exact) mass is 214 g/mol. The normalized spacial score (nSPS) is 41.1. The van der Waals surface area contributed by atoms with E-state index in [9.17, 15) is 5.11 Å². The van der Waals surface area contributed by atoms with E-state index in [0.717, 1.165) is 5.92 Å². The topological polar surface area (TPSA) is 20.2 Å². The van der Waals surface area contributed by atoms with E-state index in [1.165, 1.54) is 43.6 Å². The fourth-order valence-electron chi connectivity index (χ4n) is 2.83. The van der Waals surface area contributed by atoms with E-state index >= 15 is 0 Å². The third-order valence-electron chi connectivity index (χ3n) is 3.99. The molecule has 0 aromatic carbocycles. The molecule has 1 heterocycles. The molecular weight excluding hydrogens is 192 g/mol. The molecular formula is C12H22OS. The van der Waals surface area contributed by atoms with Crippen LogP contribution in [0.25, 0.3) is 0 Å². The molecule has 0 aromatic heterocycles. The molecule has 0 spiro atoms. The second kappa shape index (κ2) is 4.89. The van der Waals surface area contributed by atoms with E-state index in [0.29, 0.717) is 11.8 Å². The minimum Gasteiger partial charge on any atom is -0.393 e. The molecule has 2 fully saturated rings. The van der Waals surface area contributed by atoms with Gasteiger partial charge < -0.3 is 5.11 Å². The number of aliphatic hydroxyl groups excluding tert-OH is 1. The highest BCUT2D eigenvalue weighted by Gasteiger charge is 2.31. The van der Waals surface area contributed by atoms with Crippen LogP contribution in [0.1, 0.15) is 39.0 Å². The third kappa shape index (κ3) is 2.46. The lowest BCUT2D eigenvalue weighted by atomic mass is 9.77. The summed E-state index contributed by atoms with van der Waals surface area (Å²) in [6.07, 6.45) is 6.46. The number of hydrogen-bond acceptors (Lipinski definition) is 2. The molecule has 1 N–H and O–H groups in total. The molecule has 1 nitrogen and oxygen atoms in total. The third-order valence-corrected chi connectivity index (χ3v) is 5.18. The van der Waals surface area contributed by atoms with Gasteiger partial charge in [-0.1, -0.05) is 19.8 Å². The van der Waals surface area contributed by atoms with Gasteiger partial charge in [-0.2, -0.15) is 11.8 Å². The molecule has 0 aromatic rings. The minimum atomic E-state index is 0.0116. The lowest BCUT2D eigenvalue weighted by molar-refractivity contribution is 0.0360. The Morgan fingerprint density at radius 1 is 1.07 bits per heavy atom. The summed E-state index contributed by atoms with van der Waals surface area (Å²) < 4.78 is 0. The zero-order valence-corrected chi connectivity index (χ0v) is 9.93. The summed E-state index contributed by atoms with van der Waals surface area (Å²) in [6.45, 7) is 2.34. The highest BCUT2D eigenvalue weighted by molar-refractivity contribution is 7.99. The molecule has 2 atom stereocenters. The molecule has 2 unspecified atom stereocenters. The maximum absolute atomic E-state index is 10.2. The van der Waals surface area contributed by atoms with Crippen LogP contribution in [0.4, 0.5) is 0 Å². The van der Waals surface area contributed by atoms with Crippen LogP contribution >= 0.6 is 11.8 Å². The van der Waals surface area contributed by atoms with Crippen LogP contribution < -0.4 is 0 Å². The Bertz CT molecular complexity index is 169. The van der Waals surface area contributed by atoms with Gasteiger partial charge in [0, 0.05) is 0 Å². The molecule has 0 radical (unpaired) electrons. The average molecular weight is 214 g/mol. The Balaban J connectivity index is 1.82. The van der Waals surface area contributed by atoms with Crippen LogP contribution in [0.3, 0.4) is 0 Å². The highest BCUT2D eigenvalue weighted by Crippen LogP contribution is 2.36. The Morgan fingerprint density at radius 3 is 2.36 bits per heavy atom. The maximum Gasteiger partial charge on any atom is 0.0604 e. The van der Waals surface area contributed by atoms with Crippen LogP contribution in [-0.2, 0) is 0 Å². The first-order chi connectivity index (χ1) is 6.77. The Morgan fingerprint density at radius 2 is 1.79 bits per heavy atom. The van der Waals surface area contributed by atoms with E-state index < -0.39 is 0 Å². The fraction of sp³-hybridized carbons (Fsp3) is 1.00. The Kier molecular flexibility index (Phi) is 3.78. The van der Waals surface area contributed by atoms with Gasteiger partial charge in [0.05, 0.1) is 6.10 Å². The van der Waals surface area contributed by atoms with Gasteiger partial charge >= 0.3 is 0 Å². The highest BCUT2D eigenvalue weighted by atomic mass is 32.2. The first kappa shape index (κ1) is 10.8. The molecule has 1 aliphatic carbocycles. The van der Waals surface area contributed by atoms with Crippen molar-refractivity contribution in [3.8, 4) is 0 Å². The first-order valence-electron chi connectivity index (χ1n) is 6.03. The van der Waals surface area contributed by atoms with Crippen LogP contribution in [0.15, 0.2) is 0 Å². The van der Waals surface area contributed by atoms with Gasteiger partial charge in [-0.05, 0) is 48.5 Å². The zero-order chi connectivity index (χ0) is 9.97. The number of thioether (sulfide) groups is 1. The van der Waals surface area contributed by atoms with Gasteiger partial charge in [-0.3, -0.25) is 0 Å². The standard InChI is InChI=1S/C12H22OS/c1-9-2-4-10(5-3-9)12(13)11-6-7-14-8-11/h9-13H,2-8H2,1H3. The lowest BCUT2D eigenvalue weighted by Gasteiger charge is -2.32. The quantitative estimate of drug-likeness (QED) is 0.762. The van der Waals surface area contributed by atoms with E-state index in [4.69, 9.17) is 0 Å². The first-order valence-corrected chi connectivity index (χ1v) is 7.18. The summed E-state index contributed by atoms with van der Waals surface area (Å²) in [5, 5.41) is 10.2. The summed E-state index contributed by atoms with van der Waals surface area (Å²) in [4.78, 5) is 0.